The molecule has 0 aliphatic carbocycles. The molecule has 0 saturated carbocycles. The summed E-state index contributed by atoms with van der Waals surface area (Å²) in [4.78, 5) is 14.5. The number of benzene rings is 1. The molecule has 2 nitrogen and oxygen atoms in total. The molecule has 1 aromatic carbocycles. The molecule has 0 N–H and O–H groups in total. The average Bonchev–Trinajstić information content (AvgIpc) is 2.38. The van der Waals surface area contributed by atoms with Gasteiger partial charge in [0.2, 0.25) is 0 Å². The van der Waals surface area contributed by atoms with Crippen LogP contribution >= 0.6 is 0 Å². The van der Waals surface area contributed by atoms with Gasteiger partial charge < -0.3 is 0 Å². The highest BCUT2D eigenvalue weighted by molar-refractivity contribution is 5.85. The van der Waals surface area contributed by atoms with Crippen LogP contribution in [0.5, 0.6) is 0 Å². The predicted molar refractivity (Wildman–Crippen MR) is 60.0 cm³/mol. The summed E-state index contributed by atoms with van der Waals surface area (Å²) in [6.45, 7) is 0. The van der Waals surface area contributed by atoms with Crippen molar-refractivity contribution in [2.24, 2.45) is 0 Å². The van der Waals surface area contributed by atoms with Crippen molar-refractivity contribution in [1.82, 2.24) is 4.98 Å². The number of rotatable bonds is 2. The first kappa shape index (κ1) is 13.2. The van der Waals surface area contributed by atoms with Gasteiger partial charge >= 0.3 is 6.18 Å². The van der Waals surface area contributed by atoms with Crippen molar-refractivity contribution in [3.05, 3.63) is 53.5 Å². The topological polar surface area (TPSA) is 30.0 Å². The van der Waals surface area contributed by atoms with E-state index in [-0.39, 0.29) is 11.3 Å². The van der Waals surface area contributed by atoms with Crippen LogP contribution in [0, 0.1) is 5.82 Å². The van der Waals surface area contributed by atoms with Crippen molar-refractivity contribution < 1.29 is 22.4 Å². The summed E-state index contributed by atoms with van der Waals surface area (Å²) in [7, 11) is 0. The number of aldehydes is 1. The second-order valence-corrected chi connectivity index (χ2v) is 3.78. The molecule has 0 bridgehead atoms. The van der Waals surface area contributed by atoms with Crippen molar-refractivity contribution in [3.8, 4) is 11.3 Å². The summed E-state index contributed by atoms with van der Waals surface area (Å²) in [5.41, 5.74) is -0.734. The number of carbonyl (C=O) groups excluding carboxylic acids is 1. The van der Waals surface area contributed by atoms with E-state index in [4.69, 9.17) is 0 Å². The summed E-state index contributed by atoms with van der Waals surface area (Å²) < 4.78 is 50.2. The van der Waals surface area contributed by atoms with Crippen LogP contribution in [0.3, 0.4) is 0 Å². The van der Waals surface area contributed by atoms with E-state index in [1.165, 1.54) is 12.1 Å². The molecule has 2 rings (SSSR count). The van der Waals surface area contributed by atoms with Gasteiger partial charge in [-0.05, 0) is 30.3 Å². The lowest BCUT2D eigenvalue weighted by molar-refractivity contribution is -0.137. The summed E-state index contributed by atoms with van der Waals surface area (Å²) >= 11 is 0. The van der Waals surface area contributed by atoms with E-state index >= 15 is 0 Å². The lowest BCUT2D eigenvalue weighted by atomic mass is 10.0. The molecular formula is C13H7F4NO. The number of aromatic nitrogens is 1. The average molecular weight is 269 g/mol. The molecule has 1 aromatic heterocycles. The number of alkyl halides is 3. The van der Waals surface area contributed by atoms with Crippen LogP contribution in [0.2, 0.25) is 0 Å². The molecule has 1 heterocycles. The van der Waals surface area contributed by atoms with Gasteiger partial charge in [0, 0.05) is 17.3 Å². The van der Waals surface area contributed by atoms with Gasteiger partial charge in [-0.15, -0.1) is 0 Å². The predicted octanol–water partition coefficient (Wildman–Crippen LogP) is 3.72. The summed E-state index contributed by atoms with van der Waals surface area (Å²) in [5.74, 6) is -0.483. The molecule has 0 atom stereocenters. The Bertz CT molecular complexity index is 605. The first-order valence-corrected chi connectivity index (χ1v) is 5.20. The minimum Gasteiger partial charge on any atom is -0.298 e. The van der Waals surface area contributed by atoms with Crippen molar-refractivity contribution in [1.29, 1.82) is 0 Å². The van der Waals surface area contributed by atoms with E-state index < -0.39 is 17.6 Å². The molecule has 0 amide bonds. The second kappa shape index (κ2) is 4.79. The molecule has 0 saturated heterocycles. The van der Waals surface area contributed by atoms with E-state index in [0.29, 0.717) is 18.0 Å². The number of nitrogens with zero attached hydrogens (tertiary/aromatic N) is 1. The highest BCUT2D eigenvalue weighted by Gasteiger charge is 2.31. The zero-order valence-corrected chi connectivity index (χ0v) is 9.41. The number of hydrogen-bond acceptors (Lipinski definition) is 2. The van der Waals surface area contributed by atoms with Crippen LogP contribution in [0.15, 0.2) is 36.5 Å². The molecule has 0 spiro atoms. The number of pyridine rings is 1. The van der Waals surface area contributed by atoms with Gasteiger partial charge in [0.25, 0.3) is 0 Å². The fourth-order valence-electron chi connectivity index (χ4n) is 1.58. The Hall–Kier alpha value is -2.24. The van der Waals surface area contributed by atoms with Gasteiger partial charge in [-0.1, -0.05) is 0 Å². The lowest BCUT2D eigenvalue weighted by Gasteiger charge is -2.09. The van der Waals surface area contributed by atoms with E-state index in [2.05, 4.69) is 4.98 Å². The maximum atomic E-state index is 12.8. The first-order chi connectivity index (χ1) is 8.91. The van der Waals surface area contributed by atoms with E-state index in [0.717, 1.165) is 18.2 Å². The van der Waals surface area contributed by atoms with E-state index in [9.17, 15) is 22.4 Å². The largest absolute Gasteiger partial charge is 0.417 e. The molecule has 0 aliphatic rings. The maximum Gasteiger partial charge on any atom is 0.417 e. The smallest absolute Gasteiger partial charge is 0.298 e. The van der Waals surface area contributed by atoms with E-state index in [1.807, 2.05) is 0 Å². The third kappa shape index (κ3) is 2.78. The van der Waals surface area contributed by atoms with Gasteiger partial charge in [-0.3, -0.25) is 9.78 Å². The third-order valence-corrected chi connectivity index (χ3v) is 2.49. The SMILES string of the molecule is O=Cc1cc(C(F)(F)F)cnc1-c1ccc(F)cc1. The van der Waals surface area contributed by atoms with Crippen LogP contribution in [-0.2, 0) is 6.18 Å². The molecule has 2 aromatic rings. The molecular weight excluding hydrogens is 262 g/mol. The zero-order valence-electron chi connectivity index (χ0n) is 9.41. The Morgan fingerprint density at radius 2 is 1.74 bits per heavy atom. The van der Waals surface area contributed by atoms with Crippen LogP contribution in [0.1, 0.15) is 15.9 Å². The van der Waals surface area contributed by atoms with Crippen LogP contribution in [0.25, 0.3) is 11.3 Å². The quantitative estimate of drug-likeness (QED) is 0.614. The van der Waals surface area contributed by atoms with E-state index in [1.54, 1.807) is 0 Å². The Balaban J connectivity index is 2.53. The van der Waals surface area contributed by atoms with Gasteiger partial charge in [0.1, 0.15) is 5.82 Å². The Morgan fingerprint density at radius 1 is 1.11 bits per heavy atom. The highest BCUT2D eigenvalue weighted by Crippen LogP contribution is 2.31. The Kier molecular flexibility index (Phi) is 3.33. The van der Waals surface area contributed by atoms with Gasteiger partial charge in [0.05, 0.1) is 11.3 Å². The standard InChI is InChI=1S/C13H7F4NO/c14-11-3-1-8(2-4-11)12-9(7-19)5-10(6-18-12)13(15,16)17/h1-7H. The Morgan fingerprint density at radius 3 is 2.26 bits per heavy atom. The normalized spacial score (nSPS) is 11.4. The fraction of sp³-hybridized carbons (Fsp3) is 0.0769. The maximum absolute atomic E-state index is 12.8. The van der Waals surface area contributed by atoms with Crippen LogP contribution in [-0.4, -0.2) is 11.3 Å². The lowest BCUT2D eigenvalue weighted by Crippen LogP contribution is -2.07. The van der Waals surface area contributed by atoms with Gasteiger partial charge in [0.15, 0.2) is 6.29 Å². The van der Waals surface area contributed by atoms with Crippen LogP contribution in [0.4, 0.5) is 17.6 Å². The van der Waals surface area contributed by atoms with Crippen molar-refractivity contribution in [2.75, 3.05) is 0 Å². The van der Waals surface area contributed by atoms with Crippen molar-refractivity contribution in [2.45, 2.75) is 6.18 Å². The third-order valence-electron chi connectivity index (χ3n) is 2.49. The molecule has 0 radical (unpaired) electrons. The Labute approximate surface area is 105 Å². The van der Waals surface area contributed by atoms with Crippen molar-refractivity contribution >= 4 is 6.29 Å². The number of hydrogen-bond donors (Lipinski definition) is 0. The second-order valence-electron chi connectivity index (χ2n) is 3.78. The monoisotopic (exact) mass is 269 g/mol. The molecule has 0 aliphatic heterocycles. The molecule has 6 heteroatoms. The summed E-state index contributed by atoms with van der Waals surface area (Å²) in [6.07, 6.45) is -3.63. The number of halogens is 4. The van der Waals surface area contributed by atoms with Gasteiger partial charge in [-0.25, -0.2) is 4.39 Å². The summed E-state index contributed by atoms with van der Waals surface area (Å²) in [5, 5.41) is 0. The molecule has 0 fully saturated rings. The minimum absolute atomic E-state index is 0.0861. The molecule has 19 heavy (non-hydrogen) atoms. The minimum atomic E-state index is -4.56. The molecule has 0 unspecified atom stereocenters. The highest BCUT2D eigenvalue weighted by atomic mass is 19.4. The van der Waals surface area contributed by atoms with Gasteiger partial charge in [-0.2, -0.15) is 13.2 Å². The zero-order chi connectivity index (χ0) is 14.0. The number of carbonyl (C=O) groups is 1. The summed E-state index contributed by atoms with van der Waals surface area (Å²) in [6, 6.07) is 5.70. The van der Waals surface area contributed by atoms with Crippen molar-refractivity contribution in [3.63, 3.8) is 0 Å². The fourth-order valence-corrected chi connectivity index (χ4v) is 1.58. The first-order valence-electron chi connectivity index (χ1n) is 5.20. The molecule has 98 valence electrons. The van der Waals surface area contributed by atoms with Crippen LogP contribution < -0.4 is 0 Å².